The number of piperazine rings is 1. The van der Waals surface area contributed by atoms with Gasteiger partial charge in [0.2, 0.25) is 5.89 Å². The zero-order chi connectivity index (χ0) is 13.2. The van der Waals surface area contributed by atoms with Gasteiger partial charge in [0.15, 0.2) is 5.58 Å². The number of methoxy groups -OCH3 is 1. The van der Waals surface area contributed by atoms with Crippen LogP contribution < -0.4 is 10.1 Å². The number of nitrogens with zero attached hydrogens (tertiary/aromatic N) is 2. The van der Waals surface area contributed by atoms with Gasteiger partial charge in [-0.3, -0.25) is 4.90 Å². The summed E-state index contributed by atoms with van der Waals surface area (Å²) >= 11 is 0. The van der Waals surface area contributed by atoms with Gasteiger partial charge in [-0.25, -0.2) is 4.98 Å². The molecule has 5 nitrogen and oxygen atoms in total. The van der Waals surface area contributed by atoms with Crippen molar-refractivity contribution in [1.29, 1.82) is 0 Å². The number of oxazole rings is 1. The highest BCUT2D eigenvalue weighted by Crippen LogP contribution is 2.26. The van der Waals surface area contributed by atoms with E-state index < -0.39 is 0 Å². The predicted octanol–water partition coefficient (Wildman–Crippen LogP) is 1.80. The fourth-order valence-electron chi connectivity index (χ4n) is 2.45. The van der Waals surface area contributed by atoms with Gasteiger partial charge >= 0.3 is 0 Å². The molecule has 2 aromatic rings. The molecule has 0 aliphatic carbocycles. The molecule has 1 aliphatic heterocycles. The van der Waals surface area contributed by atoms with Crippen molar-refractivity contribution in [2.75, 3.05) is 33.3 Å². The largest absolute Gasteiger partial charge is 0.497 e. The molecule has 3 rings (SSSR count). The van der Waals surface area contributed by atoms with Crippen LogP contribution in [0.3, 0.4) is 0 Å². The Bertz CT molecular complexity index is 561. The van der Waals surface area contributed by atoms with Gasteiger partial charge in [0, 0.05) is 32.2 Å². The minimum absolute atomic E-state index is 0.209. The fourth-order valence-corrected chi connectivity index (χ4v) is 2.45. The molecular weight excluding hydrogens is 242 g/mol. The normalized spacial score (nSPS) is 18.6. The van der Waals surface area contributed by atoms with E-state index in [1.807, 2.05) is 18.2 Å². The van der Waals surface area contributed by atoms with Crippen molar-refractivity contribution in [3.8, 4) is 5.75 Å². The zero-order valence-corrected chi connectivity index (χ0v) is 11.3. The molecule has 1 aromatic heterocycles. The lowest BCUT2D eigenvalue weighted by atomic mass is 10.2. The number of hydrogen-bond acceptors (Lipinski definition) is 5. The van der Waals surface area contributed by atoms with Crippen LogP contribution in [0.25, 0.3) is 11.1 Å². The Morgan fingerprint density at radius 3 is 2.89 bits per heavy atom. The van der Waals surface area contributed by atoms with Gasteiger partial charge in [0.1, 0.15) is 11.3 Å². The van der Waals surface area contributed by atoms with Crippen molar-refractivity contribution >= 4 is 11.1 Å². The average molecular weight is 261 g/mol. The van der Waals surface area contributed by atoms with Gasteiger partial charge in [-0.1, -0.05) is 0 Å². The smallest absolute Gasteiger partial charge is 0.212 e. The molecule has 0 bridgehead atoms. The number of ether oxygens (including phenoxy) is 1. The molecule has 102 valence electrons. The second kappa shape index (κ2) is 5.19. The van der Waals surface area contributed by atoms with E-state index >= 15 is 0 Å². The van der Waals surface area contributed by atoms with Crippen molar-refractivity contribution < 1.29 is 9.15 Å². The molecule has 0 radical (unpaired) electrons. The van der Waals surface area contributed by atoms with Crippen molar-refractivity contribution in [1.82, 2.24) is 15.2 Å². The van der Waals surface area contributed by atoms with Gasteiger partial charge in [-0.2, -0.15) is 0 Å². The number of nitrogens with one attached hydrogen (secondary N) is 1. The summed E-state index contributed by atoms with van der Waals surface area (Å²) in [6.45, 7) is 6.26. The maximum Gasteiger partial charge on any atom is 0.212 e. The molecule has 1 saturated heterocycles. The molecule has 1 unspecified atom stereocenters. The van der Waals surface area contributed by atoms with Gasteiger partial charge < -0.3 is 14.5 Å². The van der Waals surface area contributed by atoms with E-state index in [1.165, 1.54) is 0 Å². The summed E-state index contributed by atoms with van der Waals surface area (Å²) in [6.07, 6.45) is 0. The quantitative estimate of drug-likeness (QED) is 0.913. The van der Waals surface area contributed by atoms with Gasteiger partial charge in [0.25, 0.3) is 0 Å². The van der Waals surface area contributed by atoms with Crippen molar-refractivity contribution in [3.63, 3.8) is 0 Å². The summed E-state index contributed by atoms with van der Waals surface area (Å²) in [4.78, 5) is 6.97. The Hall–Kier alpha value is -1.59. The third-order valence-electron chi connectivity index (χ3n) is 3.67. The van der Waals surface area contributed by atoms with Crippen LogP contribution >= 0.6 is 0 Å². The van der Waals surface area contributed by atoms with E-state index in [9.17, 15) is 0 Å². The number of aromatic nitrogens is 1. The predicted molar refractivity (Wildman–Crippen MR) is 73.4 cm³/mol. The van der Waals surface area contributed by atoms with Gasteiger partial charge in [0.05, 0.1) is 13.2 Å². The minimum Gasteiger partial charge on any atom is -0.497 e. The third kappa shape index (κ3) is 2.43. The second-order valence-corrected chi connectivity index (χ2v) is 4.85. The highest BCUT2D eigenvalue weighted by Gasteiger charge is 2.22. The summed E-state index contributed by atoms with van der Waals surface area (Å²) in [7, 11) is 1.65. The average Bonchev–Trinajstić information content (AvgIpc) is 2.90. The second-order valence-electron chi connectivity index (χ2n) is 4.85. The van der Waals surface area contributed by atoms with Crippen LogP contribution in [-0.4, -0.2) is 43.2 Å². The van der Waals surface area contributed by atoms with E-state index in [0.29, 0.717) is 0 Å². The highest BCUT2D eigenvalue weighted by molar-refractivity contribution is 5.74. The summed E-state index contributed by atoms with van der Waals surface area (Å²) in [5.74, 6) is 1.58. The van der Waals surface area contributed by atoms with E-state index in [-0.39, 0.29) is 6.04 Å². The maximum atomic E-state index is 5.87. The van der Waals surface area contributed by atoms with Gasteiger partial charge in [-0.15, -0.1) is 0 Å². The molecule has 0 saturated carbocycles. The maximum absolute atomic E-state index is 5.87. The van der Waals surface area contributed by atoms with Crippen LogP contribution in [0, 0.1) is 0 Å². The minimum atomic E-state index is 0.209. The first-order valence-electron chi connectivity index (χ1n) is 6.67. The highest BCUT2D eigenvalue weighted by atomic mass is 16.5. The monoisotopic (exact) mass is 261 g/mol. The third-order valence-corrected chi connectivity index (χ3v) is 3.67. The molecule has 2 heterocycles. The van der Waals surface area contributed by atoms with Crippen LogP contribution in [0.5, 0.6) is 5.75 Å². The Morgan fingerprint density at radius 2 is 2.16 bits per heavy atom. The number of fused-ring (bicyclic) bond motifs is 1. The molecule has 1 fully saturated rings. The molecule has 0 spiro atoms. The van der Waals surface area contributed by atoms with E-state index in [1.54, 1.807) is 7.11 Å². The molecule has 5 heteroatoms. The van der Waals surface area contributed by atoms with Crippen LogP contribution in [0.1, 0.15) is 18.9 Å². The summed E-state index contributed by atoms with van der Waals surface area (Å²) in [5, 5.41) is 3.35. The van der Waals surface area contributed by atoms with Crippen molar-refractivity contribution in [3.05, 3.63) is 24.1 Å². The summed E-state index contributed by atoms with van der Waals surface area (Å²) in [6, 6.07) is 5.94. The van der Waals surface area contributed by atoms with E-state index in [4.69, 9.17) is 9.15 Å². The SMILES string of the molecule is COc1ccc2nc(C(C)N3CCNCC3)oc2c1. The van der Waals surface area contributed by atoms with Crippen LogP contribution in [0.15, 0.2) is 22.6 Å². The lowest BCUT2D eigenvalue weighted by Gasteiger charge is -2.30. The molecule has 1 aliphatic rings. The molecule has 0 amide bonds. The van der Waals surface area contributed by atoms with Crippen molar-refractivity contribution in [2.45, 2.75) is 13.0 Å². The number of hydrogen-bond donors (Lipinski definition) is 1. The zero-order valence-electron chi connectivity index (χ0n) is 11.3. The first kappa shape index (κ1) is 12.4. The topological polar surface area (TPSA) is 50.5 Å². The Kier molecular flexibility index (Phi) is 3.40. The van der Waals surface area contributed by atoms with Crippen molar-refractivity contribution in [2.24, 2.45) is 0 Å². The Morgan fingerprint density at radius 1 is 1.37 bits per heavy atom. The summed E-state index contributed by atoms with van der Waals surface area (Å²) in [5.41, 5.74) is 1.68. The number of rotatable bonds is 3. The molecule has 19 heavy (non-hydrogen) atoms. The number of benzene rings is 1. The molecule has 1 atom stereocenters. The Balaban J connectivity index is 1.87. The van der Waals surface area contributed by atoms with Gasteiger partial charge in [-0.05, 0) is 19.1 Å². The molecule has 1 aromatic carbocycles. The first-order chi connectivity index (χ1) is 9.28. The van der Waals surface area contributed by atoms with E-state index in [0.717, 1.165) is 48.9 Å². The van der Waals surface area contributed by atoms with Crippen LogP contribution in [0.4, 0.5) is 0 Å². The fraction of sp³-hybridized carbons (Fsp3) is 0.500. The molecular formula is C14H19N3O2. The lowest BCUT2D eigenvalue weighted by Crippen LogP contribution is -2.44. The lowest BCUT2D eigenvalue weighted by molar-refractivity contribution is 0.164. The standard InChI is InChI=1S/C14H19N3O2/c1-10(17-7-5-15-6-8-17)14-16-12-4-3-11(18-2)9-13(12)19-14/h3-4,9-10,15H,5-8H2,1-2H3. The van der Waals surface area contributed by atoms with E-state index in [2.05, 4.69) is 22.1 Å². The summed E-state index contributed by atoms with van der Waals surface area (Å²) < 4.78 is 11.1. The van der Waals surface area contributed by atoms with Crippen LogP contribution in [-0.2, 0) is 0 Å². The first-order valence-corrected chi connectivity index (χ1v) is 6.67. The van der Waals surface area contributed by atoms with Crippen LogP contribution in [0.2, 0.25) is 0 Å². The Labute approximate surface area is 112 Å². The molecule has 1 N–H and O–H groups in total.